The van der Waals surface area contributed by atoms with Crippen molar-refractivity contribution in [2.24, 2.45) is 0 Å². The maximum atomic E-state index is 14.5. The lowest BCUT2D eigenvalue weighted by molar-refractivity contribution is 0.282. The number of ether oxygens (including phenoxy) is 2. The van der Waals surface area contributed by atoms with Crippen LogP contribution in [0.5, 0.6) is 11.5 Å². The molecule has 45 heavy (non-hydrogen) atoms. The van der Waals surface area contributed by atoms with Crippen molar-refractivity contribution < 1.29 is 53.4 Å². The van der Waals surface area contributed by atoms with E-state index in [1.165, 1.54) is 0 Å². The first-order valence-corrected chi connectivity index (χ1v) is 13.3. The van der Waals surface area contributed by atoms with E-state index in [0.29, 0.717) is 33.8 Å². The van der Waals surface area contributed by atoms with Gasteiger partial charge in [0.25, 0.3) is 0 Å². The Morgan fingerprint density at radius 3 is 1.13 bits per heavy atom. The predicted octanol–water partition coefficient (Wildman–Crippen LogP) is 8.12. The largest absolute Gasteiger partial charge is 0.473 e. The molecular weight excluding hydrogens is 622 g/mol. The molecule has 4 aromatic rings. The molecule has 2 aliphatic rings. The average Bonchev–Trinajstić information content (AvgIpc) is 3.04. The smallest absolute Gasteiger partial charge is 0.200 e. The fraction of sp³-hybridized carbons (Fsp3) is 0.226. The molecule has 0 atom stereocenters. The van der Waals surface area contributed by atoms with E-state index < -0.39 is 88.4 Å². The molecule has 236 valence electrons. The number of benzene rings is 4. The van der Waals surface area contributed by atoms with Gasteiger partial charge in [0.1, 0.15) is 22.9 Å². The Kier molecular flexibility index (Phi) is 7.28. The lowest BCUT2D eigenvalue weighted by Gasteiger charge is -2.34. The summed E-state index contributed by atoms with van der Waals surface area (Å²) in [4.78, 5) is 1.75. The van der Waals surface area contributed by atoms with Crippen LogP contribution in [-0.4, -0.2) is 13.5 Å². The molecule has 14 heteroatoms. The number of hydrogen-bond donors (Lipinski definition) is 0. The third-order valence-corrected chi connectivity index (χ3v) is 8.04. The molecule has 0 bridgehead atoms. The van der Waals surface area contributed by atoms with Crippen molar-refractivity contribution in [3.63, 3.8) is 0 Å². The highest BCUT2D eigenvalue weighted by molar-refractivity contribution is 5.56. The fourth-order valence-corrected chi connectivity index (χ4v) is 5.46. The first-order valence-electron chi connectivity index (χ1n) is 13.3. The predicted molar refractivity (Wildman–Crippen MR) is 141 cm³/mol. The zero-order valence-corrected chi connectivity index (χ0v) is 23.3. The van der Waals surface area contributed by atoms with E-state index in [4.69, 9.17) is 9.47 Å². The summed E-state index contributed by atoms with van der Waals surface area (Å²) in [7, 11) is 0. The van der Waals surface area contributed by atoms with Gasteiger partial charge in [-0.1, -0.05) is 26.0 Å². The van der Waals surface area contributed by atoms with Crippen molar-refractivity contribution in [1.29, 1.82) is 0 Å². The van der Waals surface area contributed by atoms with Crippen LogP contribution < -0.4 is 19.3 Å². The normalized spacial score (nSPS) is 14.6. The number of fused-ring (bicyclic) bond motifs is 2. The van der Waals surface area contributed by atoms with Crippen LogP contribution in [0, 0.1) is 58.2 Å². The maximum Gasteiger partial charge on any atom is 0.200 e. The third-order valence-electron chi connectivity index (χ3n) is 8.04. The van der Waals surface area contributed by atoms with Gasteiger partial charge in [-0.25, -0.2) is 43.9 Å². The van der Waals surface area contributed by atoms with Gasteiger partial charge in [0, 0.05) is 16.5 Å². The molecule has 2 aliphatic heterocycles. The lowest BCUT2D eigenvalue weighted by Crippen LogP contribution is -2.35. The Morgan fingerprint density at radius 2 is 0.800 bits per heavy atom. The second-order valence-corrected chi connectivity index (χ2v) is 11.0. The van der Waals surface area contributed by atoms with Gasteiger partial charge in [-0.05, 0) is 35.4 Å². The van der Waals surface area contributed by atoms with Gasteiger partial charge in [-0.3, -0.25) is 0 Å². The Labute approximate surface area is 249 Å². The summed E-state index contributed by atoms with van der Waals surface area (Å²) in [5, 5.41) is 0. The standard InChI is InChI=1S/C31H20F10N2O2/c1-31(2,15-3-5-17-13(7-15)9-42(11-44-17)29-25(38)21(34)19(32)22(35)26(29)39)16-4-6-18-14(8-16)10-43(12-45-18)30-27(40)23(36)20(33)24(37)28(30)41/h3-8H,9-12H2,1-2H3. The van der Waals surface area contributed by atoms with Gasteiger partial charge in [-0.15, -0.1) is 0 Å². The molecule has 0 fully saturated rings. The lowest BCUT2D eigenvalue weighted by atomic mass is 9.77. The molecule has 4 nitrogen and oxygen atoms in total. The summed E-state index contributed by atoms with van der Waals surface area (Å²) < 4.78 is 152. The number of hydrogen-bond acceptors (Lipinski definition) is 4. The zero-order valence-electron chi connectivity index (χ0n) is 23.3. The van der Waals surface area contributed by atoms with Gasteiger partial charge < -0.3 is 19.3 Å². The summed E-state index contributed by atoms with van der Waals surface area (Å²) >= 11 is 0. The van der Waals surface area contributed by atoms with Gasteiger partial charge in [0.05, 0.1) is 13.1 Å². The summed E-state index contributed by atoms with van der Waals surface area (Å²) in [6, 6.07) is 9.90. The van der Waals surface area contributed by atoms with Gasteiger partial charge in [0.15, 0.2) is 60.0 Å². The van der Waals surface area contributed by atoms with E-state index in [1.807, 2.05) is 13.8 Å². The van der Waals surface area contributed by atoms with E-state index in [2.05, 4.69) is 0 Å². The van der Waals surface area contributed by atoms with E-state index >= 15 is 0 Å². The van der Waals surface area contributed by atoms with Gasteiger partial charge >= 0.3 is 0 Å². The molecule has 0 N–H and O–H groups in total. The van der Waals surface area contributed by atoms with Gasteiger partial charge in [-0.2, -0.15) is 0 Å². The molecule has 0 radical (unpaired) electrons. The summed E-state index contributed by atoms with van der Waals surface area (Å²) in [5.41, 5.74) is -1.05. The number of anilines is 2. The third kappa shape index (κ3) is 4.77. The summed E-state index contributed by atoms with van der Waals surface area (Å²) in [5.74, 6) is -20.2. The van der Waals surface area contributed by atoms with Crippen LogP contribution in [0.15, 0.2) is 36.4 Å². The number of nitrogens with zero attached hydrogens (tertiary/aromatic N) is 2. The summed E-state index contributed by atoms with van der Waals surface area (Å²) in [6.45, 7) is 2.14. The highest BCUT2D eigenvalue weighted by atomic mass is 19.2. The molecule has 6 rings (SSSR count). The van der Waals surface area contributed by atoms with E-state index in [0.717, 1.165) is 9.80 Å². The van der Waals surface area contributed by atoms with Crippen molar-refractivity contribution in [1.82, 2.24) is 0 Å². The SMILES string of the molecule is CC(C)(c1ccc2c(c1)CN(c1c(F)c(F)c(F)c(F)c1F)CO2)c1ccc2c(c1)CN(c1c(F)c(F)c(F)c(F)c1F)CO2. The second kappa shape index (κ2) is 10.8. The Bertz CT molecular complexity index is 1690. The molecule has 0 amide bonds. The molecule has 4 aromatic carbocycles. The Morgan fingerprint density at radius 1 is 0.489 bits per heavy atom. The molecule has 0 aliphatic carbocycles. The van der Waals surface area contributed by atoms with E-state index in [1.54, 1.807) is 36.4 Å². The topological polar surface area (TPSA) is 24.9 Å². The molecule has 0 saturated heterocycles. The zero-order chi connectivity index (χ0) is 32.5. The van der Waals surface area contributed by atoms with Crippen molar-refractivity contribution in [3.05, 3.63) is 117 Å². The average molecular weight is 642 g/mol. The van der Waals surface area contributed by atoms with Crippen LogP contribution in [0.25, 0.3) is 0 Å². The fourth-order valence-electron chi connectivity index (χ4n) is 5.46. The van der Waals surface area contributed by atoms with Crippen LogP contribution in [0.1, 0.15) is 36.1 Å². The number of halogens is 10. The minimum absolute atomic E-state index is 0.257. The highest BCUT2D eigenvalue weighted by Gasteiger charge is 2.34. The van der Waals surface area contributed by atoms with E-state index in [9.17, 15) is 43.9 Å². The van der Waals surface area contributed by atoms with Crippen LogP contribution in [0.2, 0.25) is 0 Å². The molecule has 2 heterocycles. The minimum Gasteiger partial charge on any atom is -0.473 e. The quantitative estimate of drug-likeness (QED) is 0.128. The molecule has 0 saturated carbocycles. The van der Waals surface area contributed by atoms with Crippen molar-refractivity contribution in [2.75, 3.05) is 23.3 Å². The molecular formula is C31H20F10N2O2. The minimum atomic E-state index is -2.28. The maximum absolute atomic E-state index is 14.5. The van der Waals surface area contributed by atoms with Crippen LogP contribution in [0.4, 0.5) is 55.3 Å². The highest BCUT2D eigenvalue weighted by Crippen LogP contribution is 2.41. The van der Waals surface area contributed by atoms with Crippen molar-refractivity contribution >= 4 is 11.4 Å². The van der Waals surface area contributed by atoms with Crippen LogP contribution >= 0.6 is 0 Å². The molecule has 0 aromatic heterocycles. The number of rotatable bonds is 4. The monoisotopic (exact) mass is 642 g/mol. The van der Waals surface area contributed by atoms with Crippen LogP contribution in [-0.2, 0) is 18.5 Å². The first kappa shape index (κ1) is 30.4. The second-order valence-electron chi connectivity index (χ2n) is 11.0. The van der Waals surface area contributed by atoms with Crippen molar-refractivity contribution in [2.45, 2.75) is 32.4 Å². The molecule has 0 spiro atoms. The Balaban J connectivity index is 1.31. The Hall–Kier alpha value is -4.62. The first-order chi connectivity index (χ1) is 21.2. The van der Waals surface area contributed by atoms with Gasteiger partial charge in [0.2, 0.25) is 11.6 Å². The summed E-state index contributed by atoms with van der Waals surface area (Å²) in [6.07, 6.45) is 0. The van der Waals surface area contributed by atoms with Crippen LogP contribution in [0.3, 0.4) is 0 Å². The van der Waals surface area contributed by atoms with E-state index in [-0.39, 0.29) is 13.1 Å². The molecule has 0 unspecified atom stereocenters. The van der Waals surface area contributed by atoms with Crippen molar-refractivity contribution in [3.8, 4) is 11.5 Å².